The molecule has 1 aliphatic heterocycles. The van der Waals surface area contributed by atoms with Gasteiger partial charge in [0, 0.05) is 22.3 Å². The van der Waals surface area contributed by atoms with Crippen molar-refractivity contribution in [3.63, 3.8) is 0 Å². The second-order valence-corrected chi connectivity index (χ2v) is 15.5. The van der Waals surface area contributed by atoms with Crippen LogP contribution in [0.5, 0.6) is 5.75 Å². The number of alkyl halides is 4. The van der Waals surface area contributed by atoms with Gasteiger partial charge >= 0.3 is 21.3 Å². The van der Waals surface area contributed by atoms with Crippen LogP contribution in [-0.4, -0.2) is 48.9 Å². The molecule has 11 heteroatoms. The number of aryl methyl sites for hydroxylation is 2. The summed E-state index contributed by atoms with van der Waals surface area (Å²) in [6, 6.07) is 3.38. The van der Waals surface area contributed by atoms with Gasteiger partial charge in [-0.05, 0) is 87.5 Å². The fourth-order valence-electron chi connectivity index (χ4n) is 6.11. The van der Waals surface area contributed by atoms with Crippen molar-refractivity contribution in [1.29, 1.82) is 0 Å². The summed E-state index contributed by atoms with van der Waals surface area (Å²) in [6.07, 6.45) is 2.08. The summed E-state index contributed by atoms with van der Waals surface area (Å²) in [5, 5.41) is 4.61. The molecule has 0 aromatic heterocycles. The normalized spacial score (nSPS) is 29.0. The Morgan fingerprint density at radius 2 is 1.67 bits per heavy atom. The zero-order valence-corrected chi connectivity index (χ0v) is 22.6. The van der Waals surface area contributed by atoms with Crippen molar-refractivity contribution in [3.05, 3.63) is 23.3 Å². The molecule has 36 heavy (non-hydrogen) atoms. The molecule has 2 saturated carbocycles. The van der Waals surface area contributed by atoms with Gasteiger partial charge in [0.1, 0.15) is 5.75 Å². The smallest absolute Gasteiger partial charge is 0.432 e. The van der Waals surface area contributed by atoms with Crippen LogP contribution in [0.2, 0.25) is 0 Å². The third kappa shape index (κ3) is 4.66. The van der Waals surface area contributed by atoms with Crippen LogP contribution >= 0.6 is 10.3 Å². The minimum atomic E-state index is -5.99. The van der Waals surface area contributed by atoms with Crippen LogP contribution in [0.15, 0.2) is 17.0 Å². The number of aliphatic hydroxyl groups excluding tert-OH is 1. The molecule has 1 heterocycles. The fraction of sp³-hybridized carbons (Fsp3) is 0.760. The first kappa shape index (κ1) is 28.0. The first-order valence-electron chi connectivity index (χ1n) is 12.7. The molecule has 3 aliphatic rings. The number of hydrogen-bond acceptors (Lipinski definition) is 5. The first-order valence-corrected chi connectivity index (χ1v) is 16.0. The minimum Gasteiger partial charge on any atom is -0.493 e. The van der Waals surface area contributed by atoms with E-state index in [4.69, 9.17) is 8.37 Å². The van der Waals surface area contributed by atoms with E-state index in [1.165, 1.54) is 0 Å². The molecule has 0 amide bonds. The van der Waals surface area contributed by atoms with Crippen LogP contribution in [0.25, 0.3) is 0 Å². The predicted molar refractivity (Wildman–Crippen MR) is 131 cm³/mol. The molecule has 4 unspecified atom stereocenters. The Bertz CT molecular complexity index is 1050. The third-order valence-electron chi connectivity index (χ3n) is 7.97. The summed E-state index contributed by atoms with van der Waals surface area (Å²) in [4.78, 5) is 0.455. The van der Waals surface area contributed by atoms with Crippen molar-refractivity contribution in [2.75, 3.05) is 18.1 Å². The molecule has 4 atom stereocenters. The zero-order valence-electron chi connectivity index (χ0n) is 20.9. The summed E-state index contributed by atoms with van der Waals surface area (Å²) in [7, 11) is -8.77. The Kier molecular flexibility index (Phi) is 7.72. The highest BCUT2D eigenvalue weighted by Gasteiger charge is 2.73. The monoisotopic (exact) mass is 556 g/mol. The lowest BCUT2D eigenvalue weighted by Gasteiger charge is -2.40. The third-order valence-corrected chi connectivity index (χ3v) is 13.6. The number of unbranched alkanes of at least 4 members (excludes halogenated alkanes) is 1. The highest BCUT2D eigenvalue weighted by atomic mass is 32.3. The van der Waals surface area contributed by atoms with Gasteiger partial charge in [-0.2, -0.15) is 26.0 Å². The molecule has 2 bridgehead atoms. The highest BCUT2D eigenvalue weighted by Crippen LogP contribution is 2.66. The molecule has 1 aromatic carbocycles. The number of benzene rings is 1. The Labute approximate surface area is 212 Å². The van der Waals surface area contributed by atoms with Crippen molar-refractivity contribution in [1.82, 2.24) is 0 Å². The van der Waals surface area contributed by atoms with Gasteiger partial charge < -0.3 is 9.84 Å². The number of aliphatic hydroxyl groups is 1. The van der Waals surface area contributed by atoms with Crippen molar-refractivity contribution < 1.29 is 39.5 Å². The lowest BCUT2D eigenvalue weighted by atomic mass is 9.82. The molecule has 0 spiro atoms. The number of rotatable bonds is 10. The molecule has 4 rings (SSSR count). The standard InChI is InChI=1S/C25H36F4O5S2/c1-4-5-8-33-23-16(2)11-19(12-17(23)3)35(9-6-7-10-35)34-36(31,32)25(28,29)24(26,27)21-14-18-13-20(21)22(30)15-18/h11-12,18,20-22,30H,4-10,13-15H2,1-3H3. The highest BCUT2D eigenvalue weighted by molar-refractivity contribution is 8.33. The average Bonchev–Trinajstić information content (AvgIpc) is 3.51. The summed E-state index contributed by atoms with van der Waals surface area (Å²) in [5.74, 6) is -7.03. The summed E-state index contributed by atoms with van der Waals surface area (Å²) >= 11 is 0. The number of fused-ring (bicyclic) bond motifs is 2. The fourth-order valence-corrected chi connectivity index (χ4v) is 12.0. The minimum absolute atomic E-state index is 0.204. The predicted octanol–water partition coefficient (Wildman–Crippen LogP) is 6.34. The number of hydrogen-bond donors (Lipinski definition) is 1. The summed E-state index contributed by atoms with van der Waals surface area (Å²) in [5.41, 5.74) is 1.43. The first-order chi connectivity index (χ1) is 16.8. The SMILES string of the molecule is CCCCOc1c(C)cc(S2(OS(=O)(=O)C(F)(F)C(F)(F)C3CC4CC(O)C3C4)CCCC2)cc1C. The van der Waals surface area contributed by atoms with Crippen molar-refractivity contribution >= 4 is 20.4 Å². The van der Waals surface area contributed by atoms with E-state index in [0.29, 0.717) is 41.2 Å². The molecular formula is C25H36F4O5S2. The number of ether oxygens (including phenoxy) is 1. The van der Waals surface area contributed by atoms with E-state index < -0.39 is 49.5 Å². The molecular weight excluding hydrogens is 520 g/mol. The van der Waals surface area contributed by atoms with Gasteiger partial charge in [0.2, 0.25) is 0 Å². The molecule has 2 aliphatic carbocycles. The van der Waals surface area contributed by atoms with Gasteiger partial charge in [0.25, 0.3) is 0 Å². The zero-order chi connectivity index (χ0) is 26.5. The number of halogens is 4. The van der Waals surface area contributed by atoms with Crippen LogP contribution in [0.4, 0.5) is 17.6 Å². The van der Waals surface area contributed by atoms with E-state index in [2.05, 4.69) is 0 Å². The molecule has 3 fully saturated rings. The Balaban J connectivity index is 1.63. The molecule has 1 aromatic rings. The maximum absolute atomic E-state index is 15.3. The second kappa shape index (κ2) is 9.93. The summed E-state index contributed by atoms with van der Waals surface area (Å²) < 4.78 is 98.1. The molecule has 1 N–H and O–H groups in total. The van der Waals surface area contributed by atoms with E-state index >= 15 is 17.6 Å². The quantitative estimate of drug-likeness (QED) is 0.269. The van der Waals surface area contributed by atoms with E-state index in [1.807, 2.05) is 6.92 Å². The van der Waals surface area contributed by atoms with E-state index in [-0.39, 0.29) is 36.7 Å². The van der Waals surface area contributed by atoms with Gasteiger partial charge in [0.15, 0.2) is 0 Å². The van der Waals surface area contributed by atoms with E-state index in [9.17, 15) is 13.5 Å². The van der Waals surface area contributed by atoms with Crippen LogP contribution in [0.3, 0.4) is 0 Å². The lowest BCUT2D eigenvalue weighted by Crippen LogP contribution is -2.54. The van der Waals surface area contributed by atoms with Gasteiger partial charge in [0.05, 0.1) is 12.7 Å². The molecule has 206 valence electrons. The van der Waals surface area contributed by atoms with Gasteiger partial charge in [-0.15, -0.1) is 0 Å². The molecule has 1 saturated heterocycles. The van der Waals surface area contributed by atoms with Crippen molar-refractivity contribution in [2.45, 2.75) is 87.9 Å². The van der Waals surface area contributed by atoms with Crippen LogP contribution in [0, 0.1) is 31.6 Å². The van der Waals surface area contributed by atoms with Gasteiger partial charge in [-0.3, -0.25) is 0 Å². The second-order valence-electron chi connectivity index (χ2n) is 10.6. The topological polar surface area (TPSA) is 72.8 Å². The largest absolute Gasteiger partial charge is 0.493 e. The lowest BCUT2D eigenvalue weighted by molar-refractivity contribution is -0.208. The van der Waals surface area contributed by atoms with Crippen molar-refractivity contribution in [3.8, 4) is 5.75 Å². The maximum Gasteiger partial charge on any atom is 0.432 e. The van der Waals surface area contributed by atoms with E-state index in [1.54, 1.807) is 26.0 Å². The Hall–Kier alpha value is -1.04. The van der Waals surface area contributed by atoms with Gasteiger partial charge in [-0.1, -0.05) is 23.7 Å². The Morgan fingerprint density at radius 3 is 2.19 bits per heavy atom. The average molecular weight is 557 g/mol. The Morgan fingerprint density at radius 1 is 1.06 bits per heavy atom. The van der Waals surface area contributed by atoms with Gasteiger partial charge in [-0.25, -0.2) is 3.63 Å². The van der Waals surface area contributed by atoms with E-state index in [0.717, 1.165) is 12.8 Å². The maximum atomic E-state index is 15.3. The molecule has 0 radical (unpaired) electrons. The van der Waals surface area contributed by atoms with Crippen molar-refractivity contribution in [2.24, 2.45) is 17.8 Å². The van der Waals surface area contributed by atoms with Crippen LogP contribution < -0.4 is 4.74 Å². The summed E-state index contributed by atoms with van der Waals surface area (Å²) in [6.45, 7) is 6.13. The van der Waals surface area contributed by atoms with Crippen LogP contribution in [0.1, 0.15) is 63.0 Å². The molecule has 5 nitrogen and oxygen atoms in total. The van der Waals surface area contributed by atoms with Crippen LogP contribution in [-0.2, 0) is 13.7 Å².